The summed E-state index contributed by atoms with van der Waals surface area (Å²) < 4.78 is 7.44. The lowest BCUT2D eigenvalue weighted by atomic mass is 9.76. The predicted molar refractivity (Wildman–Crippen MR) is 114 cm³/mol. The van der Waals surface area contributed by atoms with Crippen molar-refractivity contribution in [1.29, 1.82) is 0 Å². The number of furan rings is 1. The average molecular weight is 420 g/mol. The van der Waals surface area contributed by atoms with Crippen molar-refractivity contribution in [2.24, 2.45) is 5.41 Å². The van der Waals surface area contributed by atoms with Gasteiger partial charge in [-0.2, -0.15) is 5.10 Å². The molecule has 2 N–H and O–H groups in total. The molecule has 0 saturated heterocycles. The Labute approximate surface area is 179 Å². The average Bonchev–Trinajstić information content (AvgIpc) is 3.34. The van der Waals surface area contributed by atoms with Gasteiger partial charge in [-0.1, -0.05) is 13.8 Å². The number of nitrogens with zero attached hydrogens (tertiary/aromatic N) is 2. The number of amides is 2. The van der Waals surface area contributed by atoms with Crippen LogP contribution in [-0.2, 0) is 11.2 Å². The van der Waals surface area contributed by atoms with Crippen LogP contribution in [0.3, 0.4) is 0 Å². The van der Waals surface area contributed by atoms with Crippen LogP contribution in [0.4, 0.5) is 5.69 Å². The van der Waals surface area contributed by atoms with Gasteiger partial charge in [0.2, 0.25) is 5.91 Å². The van der Waals surface area contributed by atoms with Crippen LogP contribution in [0.25, 0.3) is 5.69 Å². The summed E-state index contributed by atoms with van der Waals surface area (Å²) in [6, 6.07) is 9.00. The quantitative estimate of drug-likeness (QED) is 0.659. The minimum Gasteiger partial charge on any atom is -0.455 e. The van der Waals surface area contributed by atoms with Gasteiger partial charge in [0.05, 0.1) is 17.8 Å². The Kier molecular flexibility index (Phi) is 5.22. The van der Waals surface area contributed by atoms with Crippen molar-refractivity contribution in [2.75, 3.05) is 11.9 Å². The molecule has 0 aliphatic heterocycles. The molecule has 1 aliphatic rings. The van der Waals surface area contributed by atoms with Gasteiger partial charge in [-0.15, -0.1) is 0 Å². The van der Waals surface area contributed by atoms with Gasteiger partial charge in [-0.25, -0.2) is 4.68 Å². The van der Waals surface area contributed by atoms with E-state index in [4.69, 9.17) is 4.42 Å². The normalized spacial score (nSPS) is 14.7. The van der Waals surface area contributed by atoms with E-state index in [2.05, 4.69) is 15.7 Å². The fourth-order valence-corrected chi connectivity index (χ4v) is 3.86. The van der Waals surface area contributed by atoms with Crippen LogP contribution in [0.2, 0.25) is 0 Å². The minimum absolute atomic E-state index is 0.0112. The molecule has 8 heteroatoms. The van der Waals surface area contributed by atoms with E-state index in [0.29, 0.717) is 35.4 Å². The Bertz CT molecular complexity index is 1140. The van der Waals surface area contributed by atoms with Gasteiger partial charge in [0.1, 0.15) is 5.76 Å². The largest absolute Gasteiger partial charge is 0.455 e. The first-order valence-electron chi connectivity index (χ1n) is 10.1. The summed E-state index contributed by atoms with van der Waals surface area (Å²) >= 11 is 0. The van der Waals surface area contributed by atoms with Crippen LogP contribution >= 0.6 is 0 Å². The van der Waals surface area contributed by atoms with E-state index in [9.17, 15) is 14.4 Å². The summed E-state index contributed by atoms with van der Waals surface area (Å²) in [4.78, 5) is 37.3. The first kappa shape index (κ1) is 20.6. The monoisotopic (exact) mass is 420 g/mol. The lowest BCUT2D eigenvalue weighted by molar-refractivity contribution is -0.115. The van der Waals surface area contributed by atoms with Gasteiger partial charge < -0.3 is 15.1 Å². The molecule has 2 aromatic heterocycles. The Morgan fingerprint density at radius 1 is 1.19 bits per heavy atom. The number of hydrogen-bond donors (Lipinski definition) is 2. The highest BCUT2D eigenvalue weighted by Crippen LogP contribution is 2.38. The summed E-state index contributed by atoms with van der Waals surface area (Å²) in [5, 5.41) is 9.45. The second-order valence-electron chi connectivity index (χ2n) is 8.52. The molecule has 4 rings (SSSR count). The third-order valence-electron chi connectivity index (χ3n) is 5.31. The van der Waals surface area contributed by atoms with Gasteiger partial charge in [-0.3, -0.25) is 14.4 Å². The van der Waals surface area contributed by atoms with Crippen molar-refractivity contribution in [2.45, 2.75) is 33.6 Å². The SMILES string of the molecule is Cc1c(C(=O)NCC(=O)Nc2ccc(-n3cccn3)cc2)oc2c1C(=O)CC(C)(C)C2. The molecular weight excluding hydrogens is 396 g/mol. The van der Waals surface area contributed by atoms with E-state index in [0.717, 1.165) is 5.69 Å². The van der Waals surface area contributed by atoms with Crippen LogP contribution in [0.5, 0.6) is 0 Å². The van der Waals surface area contributed by atoms with Crippen LogP contribution in [-0.4, -0.2) is 33.9 Å². The summed E-state index contributed by atoms with van der Waals surface area (Å²) in [6.07, 6.45) is 4.53. The molecule has 2 heterocycles. The summed E-state index contributed by atoms with van der Waals surface area (Å²) in [6.45, 7) is 5.48. The number of fused-ring (bicyclic) bond motifs is 1. The molecule has 0 spiro atoms. The number of carbonyl (C=O) groups is 3. The number of carbonyl (C=O) groups excluding carboxylic acids is 3. The molecule has 1 aliphatic carbocycles. The maximum atomic E-state index is 12.6. The van der Waals surface area contributed by atoms with Crippen LogP contribution in [0.1, 0.15) is 52.5 Å². The van der Waals surface area contributed by atoms with E-state index in [1.54, 1.807) is 29.9 Å². The van der Waals surface area contributed by atoms with E-state index in [1.165, 1.54) is 0 Å². The van der Waals surface area contributed by atoms with Crippen LogP contribution in [0.15, 0.2) is 47.1 Å². The number of ketones is 1. The van der Waals surface area contributed by atoms with Gasteiger partial charge in [0, 0.05) is 36.5 Å². The molecule has 0 fully saturated rings. The lowest BCUT2D eigenvalue weighted by Gasteiger charge is -2.27. The fraction of sp³-hybridized carbons (Fsp3) is 0.304. The molecular formula is C23H24N4O4. The number of benzene rings is 1. The van der Waals surface area contributed by atoms with Crippen molar-refractivity contribution in [1.82, 2.24) is 15.1 Å². The molecule has 0 radical (unpaired) electrons. The number of hydrogen-bond acceptors (Lipinski definition) is 5. The first-order chi connectivity index (χ1) is 14.7. The molecule has 0 unspecified atom stereocenters. The molecule has 3 aromatic rings. The molecule has 2 amide bonds. The van der Waals surface area contributed by atoms with Gasteiger partial charge in [-0.05, 0) is 42.7 Å². The third kappa shape index (κ3) is 4.28. The first-order valence-corrected chi connectivity index (χ1v) is 10.1. The van der Waals surface area contributed by atoms with E-state index in [1.807, 2.05) is 38.2 Å². The van der Waals surface area contributed by atoms with Crippen molar-refractivity contribution in [3.63, 3.8) is 0 Å². The van der Waals surface area contributed by atoms with Crippen molar-refractivity contribution in [3.05, 3.63) is 65.4 Å². The minimum atomic E-state index is -0.512. The summed E-state index contributed by atoms with van der Waals surface area (Å²) in [7, 11) is 0. The molecule has 8 nitrogen and oxygen atoms in total. The Hall–Kier alpha value is -3.68. The van der Waals surface area contributed by atoms with Crippen LogP contribution < -0.4 is 10.6 Å². The van der Waals surface area contributed by atoms with Crippen molar-refractivity contribution in [3.8, 4) is 5.69 Å². The highest BCUT2D eigenvalue weighted by Gasteiger charge is 2.37. The van der Waals surface area contributed by atoms with E-state index in [-0.39, 0.29) is 29.4 Å². The molecule has 31 heavy (non-hydrogen) atoms. The van der Waals surface area contributed by atoms with Gasteiger partial charge in [0.15, 0.2) is 11.5 Å². The molecule has 0 atom stereocenters. The zero-order chi connectivity index (χ0) is 22.2. The summed E-state index contributed by atoms with van der Waals surface area (Å²) in [5.41, 5.74) is 2.31. The maximum absolute atomic E-state index is 12.6. The molecule has 0 bridgehead atoms. The number of anilines is 1. The van der Waals surface area contributed by atoms with Crippen molar-refractivity contribution < 1.29 is 18.8 Å². The Morgan fingerprint density at radius 3 is 2.61 bits per heavy atom. The van der Waals surface area contributed by atoms with Gasteiger partial charge >= 0.3 is 0 Å². The highest BCUT2D eigenvalue weighted by atomic mass is 16.4. The van der Waals surface area contributed by atoms with E-state index >= 15 is 0 Å². The summed E-state index contributed by atoms with van der Waals surface area (Å²) in [5.74, 6) is -0.256. The number of aromatic nitrogens is 2. The third-order valence-corrected chi connectivity index (χ3v) is 5.31. The van der Waals surface area contributed by atoms with Gasteiger partial charge in [0.25, 0.3) is 5.91 Å². The fourth-order valence-electron chi connectivity index (χ4n) is 3.86. The predicted octanol–water partition coefficient (Wildman–Crippen LogP) is 3.30. The smallest absolute Gasteiger partial charge is 0.287 e. The highest BCUT2D eigenvalue weighted by molar-refractivity contribution is 6.04. The number of Topliss-reactive ketones (excluding diaryl/α,β-unsaturated/α-hetero) is 1. The van der Waals surface area contributed by atoms with Crippen molar-refractivity contribution >= 4 is 23.3 Å². The zero-order valence-electron chi connectivity index (χ0n) is 17.7. The molecule has 0 saturated carbocycles. The Balaban J connectivity index is 1.37. The Morgan fingerprint density at radius 2 is 1.94 bits per heavy atom. The lowest BCUT2D eigenvalue weighted by Crippen LogP contribution is -2.33. The zero-order valence-corrected chi connectivity index (χ0v) is 17.7. The number of rotatable bonds is 5. The van der Waals surface area contributed by atoms with E-state index < -0.39 is 5.91 Å². The number of nitrogens with one attached hydrogen (secondary N) is 2. The second-order valence-corrected chi connectivity index (χ2v) is 8.52. The maximum Gasteiger partial charge on any atom is 0.287 e. The molecule has 1 aromatic carbocycles. The topological polar surface area (TPSA) is 106 Å². The standard InChI is InChI=1S/C23H24N4O4/c1-14-20-17(28)11-23(2,3)12-18(20)31-21(14)22(30)24-13-19(29)26-15-5-7-16(8-6-15)27-10-4-9-25-27/h4-10H,11-13H2,1-3H3,(H,24,30)(H,26,29). The molecule has 160 valence electrons. The second kappa shape index (κ2) is 7.86. The van der Waals surface area contributed by atoms with Crippen LogP contribution in [0, 0.1) is 12.3 Å².